The van der Waals surface area contributed by atoms with Gasteiger partial charge >= 0.3 is 12.1 Å². The third-order valence-corrected chi connectivity index (χ3v) is 4.39. The standard InChI is InChI=1S/C22H29N3O5/c1-13(2)17(24-21(29)30-22(4,5)6)18-23-14(3)16(20(27)28)19(26)25(18)12-15-10-8-7-9-11-15/h7-11,13,17H,12H2,1-6H3,(H,24,29)(H,27,28). The summed E-state index contributed by atoms with van der Waals surface area (Å²) >= 11 is 0. The lowest BCUT2D eigenvalue weighted by Gasteiger charge is -2.27. The number of ether oxygens (including phenoxy) is 1. The van der Waals surface area contributed by atoms with Crippen LogP contribution in [0, 0.1) is 12.8 Å². The topological polar surface area (TPSA) is 111 Å². The van der Waals surface area contributed by atoms with E-state index in [1.807, 2.05) is 44.2 Å². The number of rotatable bonds is 6. The summed E-state index contributed by atoms with van der Waals surface area (Å²) in [7, 11) is 0. The molecule has 8 heteroatoms. The minimum Gasteiger partial charge on any atom is -0.477 e. The number of nitrogens with zero attached hydrogens (tertiary/aromatic N) is 2. The maximum absolute atomic E-state index is 13.1. The van der Waals surface area contributed by atoms with Gasteiger partial charge in [-0.2, -0.15) is 0 Å². The Hall–Kier alpha value is -3.16. The second kappa shape index (κ2) is 9.11. The molecule has 1 aromatic carbocycles. The molecule has 0 bridgehead atoms. The fourth-order valence-electron chi connectivity index (χ4n) is 3.05. The summed E-state index contributed by atoms with van der Waals surface area (Å²) < 4.78 is 6.67. The Bertz CT molecular complexity index is 975. The van der Waals surface area contributed by atoms with Gasteiger partial charge in [-0.3, -0.25) is 9.36 Å². The second-order valence-corrected chi connectivity index (χ2v) is 8.48. The van der Waals surface area contributed by atoms with E-state index in [1.54, 1.807) is 20.8 Å². The predicted octanol–water partition coefficient (Wildman–Crippen LogP) is 3.52. The molecule has 0 saturated heterocycles. The van der Waals surface area contributed by atoms with Crippen LogP contribution in [0.5, 0.6) is 0 Å². The SMILES string of the molecule is Cc1nc(C(NC(=O)OC(C)(C)C)C(C)C)n(Cc2ccccc2)c(=O)c1C(=O)O. The van der Waals surface area contributed by atoms with Crippen LogP contribution >= 0.6 is 0 Å². The fourth-order valence-corrected chi connectivity index (χ4v) is 3.05. The van der Waals surface area contributed by atoms with Gasteiger partial charge in [0.2, 0.25) is 0 Å². The number of carbonyl (C=O) groups is 2. The average molecular weight is 415 g/mol. The molecular weight excluding hydrogens is 386 g/mol. The van der Waals surface area contributed by atoms with E-state index >= 15 is 0 Å². The van der Waals surface area contributed by atoms with Gasteiger partial charge in [0.1, 0.15) is 17.0 Å². The van der Waals surface area contributed by atoms with E-state index in [0.29, 0.717) is 0 Å². The summed E-state index contributed by atoms with van der Waals surface area (Å²) in [6.07, 6.45) is -0.637. The maximum Gasteiger partial charge on any atom is 0.408 e. The van der Waals surface area contributed by atoms with Crippen LogP contribution in [0.15, 0.2) is 35.1 Å². The summed E-state index contributed by atoms with van der Waals surface area (Å²) in [5.41, 5.74) is -0.822. The number of amides is 1. The molecule has 0 aliphatic heterocycles. The van der Waals surface area contributed by atoms with E-state index in [4.69, 9.17) is 4.74 Å². The second-order valence-electron chi connectivity index (χ2n) is 8.48. The highest BCUT2D eigenvalue weighted by Crippen LogP contribution is 2.22. The summed E-state index contributed by atoms with van der Waals surface area (Å²) in [5, 5.41) is 12.3. The first kappa shape index (κ1) is 23.1. The first-order valence-electron chi connectivity index (χ1n) is 9.78. The quantitative estimate of drug-likeness (QED) is 0.747. The van der Waals surface area contributed by atoms with Crippen LogP contribution in [0.25, 0.3) is 0 Å². The monoisotopic (exact) mass is 415 g/mol. The summed E-state index contributed by atoms with van der Waals surface area (Å²) in [6.45, 7) is 10.6. The highest BCUT2D eigenvalue weighted by atomic mass is 16.6. The van der Waals surface area contributed by atoms with E-state index in [1.165, 1.54) is 11.5 Å². The van der Waals surface area contributed by atoms with Crippen molar-refractivity contribution in [2.75, 3.05) is 0 Å². The van der Waals surface area contributed by atoms with Gasteiger partial charge in [-0.1, -0.05) is 44.2 Å². The third-order valence-electron chi connectivity index (χ3n) is 4.39. The van der Waals surface area contributed by atoms with Crippen LogP contribution in [0.4, 0.5) is 4.79 Å². The zero-order valence-electron chi connectivity index (χ0n) is 18.2. The van der Waals surface area contributed by atoms with E-state index < -0.39 is 29.3 Å². The van der Waals surface area contributed by atoms with Crippen molar-refractivity contribution in [1.82, 2.24) is 14.9 Å². The molecule has 162 valence electrons. The number of carboxylic acids is 1. The zero-order valence-corrected chi connectivity index (χ0v) is 18.2. The van der Waals surface area contributed by atoms with Crippen LogP contribution in [0.2, 0.25) is 0 Å². The Balaban J connectivity index is 2.61. The minimum absolute atomic E-state index is 0.100. The third kappa shape index (κ3) is 5.68. The maximum atomic E-state index is 13.1. The lowest BCUT2D eigenvalue weighted by atomic mass is 10.0. The van der Waals surface area contributed by atoms with Gasteiger partial charge in [-0.15, -0.1) is 0 Å². The number of alkyl carbamates (subject to hydrolysis) is 1. The van der Waals surface area contributed by atoms with E-state index in [9.17, 15) is 19.5 Å². The molecule has 0 spiro atoms. The van der Waals surface area contributed by atoms with Crippen molar-refractivity contribution in [3.05, 3.63) is 63.3 Å². The van der Waals surface area contributed by atoms with Crippen LogP contribution in [0.3, 0.4) is 0 Å². The number of aromatic nitrogens is 2. The zero-order chi connectivity index (χ0) is 22.6. The number of aromatic carboxylic acids is 1. The lowest BCUT2D eigenvalue weighted by Crippen LogP contribution is -2.41. The van der Waals surface area contributed by atoms with Gasteiger partial charge in [0.05, 0.1) is 18.3 Å². The molecule has 1 aromatic heterocycles. The first-order valence-corrected chi connectivity index (χ1v) is 9.78. The Morgan fingerprint density at radius 2 is 1.80 bits per heavy atom. The highest BCUT2D eigenvalue weighted by molar-refractivity contribution is 5.88. The van der Waals surface area contributed by atoms with E-state index in [0.717, 1.165) is 5.56 Å². The van der Waals surface area contributed by atoms with Gasteiger partial charge in [0.25, 0.3) is 5.56 Å². The van der Waals surface area contributed by atoms with E-state index in [-0.39, 0.29) is 29.5 Å². The molecule has 1 amide bonds. The number of nitrogens with one attached hydrogen (secondary N) is 1. The van der Waals surface area contributed by atoms with Crippen molar-refractivity contribution in [3.8, 4) is 0 Å². The lowest BCUT2D eigenvalue weighted by molar-refractivity contribution is 0.0483. The van der Waals surface area contributed by atoms with Crippen molar-refractivity contribution in [3.63, 3.8) is 0 Å². The normalized spacial score (nSPS) is 12.5. The molecule has 1 atom stereocenters. The van der Waals surface area contributed by atoms with Crippen molar-refractivity contribution >= 4 is 12.1 Å². The summed E-state index contributed by atoms with van der Waals surface area (Å²) in [6, 6.07) is 8.53. The molecule has 1 heterocycles. The minimum atomic E-state index is -1.33. The number of aryl methyl sites for hydroxylation is 1. The molecule has 30 heavy (non-hydrogen) atoms. The highest BCUT2D eigenvalue weighted by Gasteiger charge is 2.29. The van der Waals surface area contributed by atoms with Gasteiger partial charge in [0, 0.05) is 0 Å². The first-order chi connectivity index (χ1) is 13.9. The van der Waals surface area contributed by atoms with Crippen LogP contribution < -0.4 is 10.9 Å². The Morgan fingerprint density at radius 1 is 1.20 bits per heavy atom. The Labute approximate surface area is 175 Å². The van der Waals surface area contributed by atoms with Crippen LogP contribution in [-0.4, -0.2) is 32.3 Å². The van der Waals surface area contributed by atoms with Gasteiger partial charge in [-0.25, -0.2) is 14.6 Å². The van der Waals surface area contributed by atoms with Crippen molar-refractivity contribution in [2.45, 2.75) is 59.7 Å². The van der Waals surface area contributed by atoms with Crippen molar-refractivity contribution in [2.24, 2.45) is 5.92 Å². The predicted molar refractivity (Wildman–Crippen MR) is 113 cm³/mol. The number of hydrogen-bond acceptors (Lipinski definition) is 5. The molecule has 2 aromatic rings. The number of benzene rings is 1. The molecule has 2 N–H and O–H groups in total. The molecule has 0 saturated carbocycles. The fraction of sp³-hybridized carbons (Fsp3) is 0.455. The molecule has 1 unspecified atom stereocenters. The molecular formula is C22H29N3O5. The molecule has 0 radical (unpaired) electrons. The van der Waals surface area contributed by atoms with E-state index in [2.05, 4.69) is 10.3 Å². The smallest absolute Gasteiger partial charge is 0.408 e. The van der Waals surface area contributed by atoms with Gasteiger partial charge in [0.15, 0.2) is 0 Å². The largest absolute Gasteiger partial charge is 0.477 e. The number of carboxylic acid groups (broad SMARTS) is 1. The molecule has 0 aliphatic carbocycles. The van der Waals surface area contributed by atoms with Crippen molar-refractivity contribution in [1.29, 1.82) is 0 Å². The van der Waals surface area contributed by atoms with Gasteiger partial charge < -0.3 is 15.2 Å². The van der Waals surface area contributed by atoms with Crippen LogP contribution in [-0.2, 0) is 11.3 Å². The van der Waals surface area contributed by atoms with Crippen molar-refractivity contribution < 1.29 is 19.4 Å². The summed E-state index contributed by atoms with van der Waals surface area (Å²) in [5.74, 6) is -1.19. The summed E-state index contributed by atoms with van der Waals surface area (Å²) in [4.78, 5) is 41.6. The number of hydrogen-bond donors (Lipinski definition) is 2. The van der Waals surface area contributed by atoms with Gasteiger partial charge in [-0.05, 0) is 39.2 Å². The van der Waals surface area contributed by atoms with Crippen LogP contribution in [0.1, 0.15) is 68.1 Å². The Kier molecular flexibility index (Phi) is 7.02. The average Bonchev–Trinajstić information content (AvgIpc) is 2.61. The molecule has 0 fully saturated rings. The number of carbonyl (C=O) groups excluding carboxylic acids is 1. The molecule has 8 nitrogen and oxygen atoms in total. The molecule has 2 rings (SSSR count). The molecule has 0 aliphatic rings. The Morgan fingerprint density at radius 3 is 2.30 bits per heavy atom.